The number of nitrogens with zero attached hydrogens (tertiary/aromatic N) is 3. The number of pyridine rings is 1. The molecule has 0 radical (unpaired) electrons. The van der Waals surface area contributed by atoms with Crippen molar-refractivity contribution < 1.29 is 9.53 Å². The molecule has 1 atom stereocenters. The fourth-order valence-electron chi connectivity index (χ4n) is 5.69. The maximum atomic E-state index is 13.1. The molecule has 3 aromatic carbocycles. The van der Waals surface area contributed by atoms with Gasteiger partial charge in [0.2, 0.25) is 0 Å². The number of halogens is 1. The van der Waals surface area contributed by atoms with E-state index in [1.54, 1.807) is 18.3 Å². The molecule has 0 amide bonds. The normalized spacial score (nSPS) is 13.9. The van der Waals surface area contributed by atoms with Crippen molar-refractivity contribution in [3.63, 3.8) is 0 Å². The highest BCUT2D eigenvalue weighted by molar-refractivity contribution is 7.22. The molecule has 0 N–H and O–H groups in total. The summed E-state index contributed by atoms with van der Waals surface area (Å²) in [6.07, 6.45) is 2.22. The van der Waals surface area contributed by atoms with Crippen LogP contribution in [0.5, 0.6) is 0 Å². The average molecular weight is 596 g/mol. The van der Waals surface area contributed by atoms with E-state index in [1.807, 2.05) is 64.2 Å². The van der Waals surface area contributed by atoms with Gasteiger partial charge < -0.3 is 9.64 Å². The molecule has 2 aromatic heterocycles. The first-order valence-electron chi connectivity index (χ1n) is 14.2. The molecule has 6 rings (SSSR count). The van der Waals surface area contributed by atoms with E-state index < -0.39 is 11.7 Å². The molecule has 0 saturated heterocycles. The quantitative estimate of drug-likeness (QED) is 0.196. The van der Waals surface area contributed by atoms with Crippen LogP contribution >= 0.6 is 22.9 Å². The standard InChI is InChI=1S/C35H34ClN3O2S/c1-20-17-28-33(31(23-9-11-26(36)12-10-23)30(20)32(21(2)40)41-35(3,4)5)42-34(38-28)25-13-15-37-27(18-25)24-8-7-22-14-16-39(6)29(22)19-24/h7-13,15,17-19,32H,14,16H2,1-6H3/t32-/m1/s1. The van der Waals surface area contributed by atoms with Crippen LogP contribution in [0.4, 0.5) is 5.69 Å². The van der Waals surface area contributed by atoms with Gasteiger partial charge in [-0.3, -0.25) is 9.78 Å². The van der Waals surface area contributed by atoms with Crippen LogP contribution in [-0.2, 0) is 16.0 Å². The molecule has 0 unspecified atom stereocenters. The molecule has 1 aliphatic heterocycles. The summed E-state index contributed by atoms with van der Waals surface area (Å²) < 4.78 is 7.40. The van der Waals surface area contributed by atoms with Crippen molar-refractivity contribution in [3.05, 3.63) is 88.6 Å². The Labute approximate surface area is 256 Å². The third-order valence-electron chi connectivity index (χ3n) is 7.68. The Morgan fingerprint density at radius 1 is 1.02 bits per heavy atom. The van der Waals surface area contributed by atoms with Gasteiger partial charge in [-0.1, -0.05) is 35.9 Å². The Balaban J connectivity index is 1.52. The number of hydrogen-bond acceptors (Lipinski definition) is 6. The van der Waals surface area contributed by atoms with Gasteiger partial charge in [0.25, 0.3) is 0 Å². The molecule has 0 aliphatic carbocycles. The van der Waals surface area contributed by atoms with Gasteiger partial charge in [0.05, 0.1) is 21.5 Å². The van der Waals surface area contributed by atoms with E-state index in [-0.39, 0.29) is 5.78 Å². The first-order chi connectivity index (χ1) is 20.0. The minimum absolute atomic E-state index is 0.0360. The lowest BCUT2D eigenvalue weighted by molar-refractivity contribution is -0.138. The number of Topliss-reactive ketones (excluding diaryl/α,β-unsaturated/α-hetero) is 1. The molecule has 7 heteroatoms. The lowest BCUT2D eigenvalue weighted by Crippen LogP contribution is -2.27. The zero-order valence-electron chi connectivity index (χ0n) is 24.8. The Bertz CT molecular complexity index is 1820. The zero-order valence-corrected chi connectivity index (χ0v) is 26.4. The van der Waals surface area contributed by atoms with Gasteiger partial charge in [0.1, 0.15) is 11.1 Å². The summed E-state index contributed by atoms with van der Waals surface area (Å²) in [5.74, 6) is -0.0360. The molecule has 0 bridgehead atoms. The van der Waals surface area contributed by atoms with Crippen molar-refractivity contribution in [2.75, 3.05) is 18.5 Å². The molecule has 3 heterocycles. The lowest BCUT2D eigenvalue weighted by atomic mass is 9.90. The second-order valence-electron chi connectivity index (χ2n) is 12.0. The maximum absolute atomic E-state index is 13.1. The van der Waals surface area contributed by atoms with E-state index in [2.05, 4.69) is 42.3 Å². The van der Waals surface area contributed by atoms with E-state index in [4.69, 9.17) is 26.3 Å². The van der Waals surface area contributed by atoms with E-state index in [0.717, 1.165) is 67.3 Å². The van der Waals surface area contributed by atoms with Crippen LogP contribution in [0, 0.1) is 6.92 Å². The monoisotopic (exact) mass is 595 g/mol. The van der Waals surface area contributed by atoms with Crippen LogP contribution in [0.3, 0.4) is 0 Å². The van der Waals surface area contributed by atoms with Crippen molar-refractivity contribution in [1.29, 1.82) is 0 Å². The number of thiazole rings is 1. The molecule has 5 aromatic rings. The number of hydrogen-bond donors (Lipinski definition) is 0. The molecule has 42 heavy (non-hydrogen) atoms. The number of aromatic nitrogens is 2. The van der Waals surface area contributed by atoms with E-state index in [1.165, 1.54) is 11.3 Å². The van der Waals surface area contributed by atoms with Crippen molar-refractivity contribution in [2.45, 2.75) is 52.7 Å². The van der Waals surface area contributed by atoms with Crippen LogP contribution in [0.15, 0.2) is 66.9 Å². The number of carbonyl (C=O) groups is 1. The number of fused-ring (bicyclic) bond motifs is 2. The molecule has 0 spiro atoms. The predicted molar refractivity (Wildman–Crippen MR) is 175 cm³/mol. The maximum Gasteiger partial charge on any atom is 0.163 e. The molecule has 0 fully saturated rings. The van der Waals surface area contributed by atoms with Crippen LogP contribution in [0.25, 0.3) is 43.2 Å². The highest BCUT2D eigenvalue weighted by Gasteiger charge is 2.30. The number of carbonyl (C=O) groups excluding carboxylic acids is 1. The van der Waals surface area contributed by atoms with Gasteiger partial charge in [-0.25, -0.2) is 4.98 Å². The fourth-order valence-corrected chi connectivity index (χ4v) is 6.94. The average Bonchev–Trinajstić information content (AvgIpc) is 3.54. The summed E-state index contributed by atoms with van der Waals surface area (Å²) >= 11 is 7.90. The smallest absolute Gasteiger partial charge is 0.163 e. The van der Waals surface area contributed by atoms with Crippen molar-refractivity contribution in [3.8, 4) is 33.0 Å². The van der Waals surface area contributed by atoms with Crippen LogP contribution in [0.1, 0.15) is 50.5 Å². The van der Waals surface area contributed by atoms with Gasteiger partial charge in [-0.05, 0) is 94.1 Å². The van der Waals surface area contributed by atoms with Crippen molar-refractivity contribution >= 4 is 44.6 Å². The Hall–Kier alpha value is -3.58. The van der Waals surface area contributed by atoms with Gasteiger partial charge >= 0.3 is 0 Å². The highest BCUT2D eigenvalue weighted by Crippen LogP contribution is 2.45. The Morgan fingerprint density at radius 2 is 1.76 bits per heavy atom. The largest absolute Gasteiger partial charge is 0.374 e. The zero-order chi connectivity index (χ0) is 29.8. The summed E-state index contributed by atoms with van der Waals surface area (Å²) in [7, 11) is 2.14. The number of benzene rings is 3. The number of anilines is 1. The third-order valence-corrected chi connectivity index (χ3v) is 9.07. The molecular weight excluding hydrogens is 562 g/mol. The second-order valence-corrected chi connectivity index (χ2v) is 13.5. The Kier molecular flexibility index (Phi) is 7.42. The molecule has 1 aliphatic rings. The molecule has 5 nitrogen and oxygen atoms in total. The van der Waals surface area contributed by atoms with E-state index >= 15 is 0 Å². The van der Waals surface area contributed by atoms with E-state index in [0.29, 0.717) is 5.02 Å². The molecule has 214 valence electrons. The summed E-state index contributed by atoms with van der Waals surface area (Å²) in [5.41, 5.74) is 9.82. The number of ether oxygens (including phenoxy) is 1. The summed E-state index contributed by atoms with van der Waals surface area (Å²) in [6, 6.07) is 20.6. The number of ketones is 1. The minimum atomic E-state index is -0.712. The van der Waals surface area contributed by atoms with Crippen LogP contribution in [-0.4, -0.2) is 34.9 Å². The first kappa shape index (κ1) is 28.5. The van der Waals surface area contributed by atoms with E-state index in [9.17, 15) is 4.79 Å². The molecular formula is C35H34ClN3O2S. The topological polar surface area (TPSA) is 55.3 Å². The second kappa shape index (κ2) is 10.9. The summed E-state index contributed by atoms with van der Waals surface area (Å²) in [4.78, 5) is 25.2. The Morgan fingerprint density at radius 3 is 2.48 bits per heavy atom. The third kappa shape index (κ3) is 5.47. The minimum Gasteiger partial charge on any atom is -0.374 e. The molecule has 0 saturated carbocycles. The van der Waals surface area contributed by atoms with Gasteiger partial charge in [-0.2, -0.15) is 0 Å². The lowest BCUT2D eigenvalue weighted by Gasteiger charge is -2.29. The number of aryl methyl sites for hydroxylation is 1. The summed E-state index contributed by atoms with van der Waals surface area (Å²) in [5, 5.41) is 1.56. The van der Waals surface area contributed by atoms with Crippen LogP contribution in [0.2, 0.25) is 5.02 Å². The van der Waals surface area contributed by atoms with Gasteiger partial charge in [0.15, 0.2) is 5.78 Å². The highest BCUT2D eigenvalue weighted by atomic mass is 35.5. The fraction of sp³-hybridized carbons (Fsp3) is 0.286. The van der Waals surface area contributed by atoms with Gasteiger partial charge in [0, 0.05) is 52.8 Å². The summed E-state index contributed by atoms with van der Waals surface area (Å²) in [6.45, 7) is 10.6. The number of likely N-dealkylation sites (N-methyl/N-ethyl adjacent to an activating group) is 1. The predicted octanol–water partition coefficient (Wildman–Crippen LogP) is 9.09. The number of rotatable bonds is 6. The van der Waals surface area contributed by atoms with Crippen LogP contribution < -0.4 is 4.90 Å². The van der Waals surface area contributed by atoms with Crippen molar-refractivity contribution in [1.82, 2.24) is 9.97 Å². The first-order valence-corrected chi connectivity index (χ1v) is 15.4. The van der Waals surface area contributed by atoms with Gasteiger partial charge in [-0.15, -0.1) is 11.3 Å². The van der Waals surface area contributed by atoms with Crippen molar-refractivity contribution in [2.24, 2.45) is 0 Å². The SMILES string of the molecule is CC(=O)[C@@H](OC(C)(C)C)c1c(C)cc2nc(-c3ccnc(-c4ccc5c(c4)N(C)CC5)c3)sc2c1-c1ccc(Cl)cc1.